The molecule has 94 valence electrons. The van der Waals surface area contributed by atoms with E-state index in [1.54, 1.807) is 5.56 Å². The van der Waals surface area contributed by atoms with Crippen molar-refractivity contribution in [3.63, 3.8) is 0 Å². The lowest BCUT2D eigenvalue weighted by Gasteiger charge is -2.22. The van der Waals surface area contributed by atoms with Crippen molar-refractivity contribution in [2.45, 2.75) is 51.4 Å². The molecule has 2 N–H and O–H groups in total. The number of hydrogen-bond acceptors (Lipinski definition) is 2. The number of aromatic nitrogens is 2. The fourth-order valence-electron chi connectivity index (χ4n) is 3.47. The van der Waals surface area contributed by atoms with Crippen LogP contribution < -0.4 is 5.32 Å². The molecule has 3 nitrogen and oxygen atoms in total. The van der Waals surface area contributed by atoms with Crippen molar-refractivity contribution in [2.24, 2.45) is 5.92 Å². The summed E-state index contributed by atoms with van der Waals surface area (Å²) in [5, 5.41) is 11.3. The number of hydrogen-bond donors (Lipinski definition) is 2. The monoisotopic (exact) mass is 233 g/mol. The SMILES string of the molecule is CCCC1CCc2[nH]nc(C3CCNC3)c2C1. The minimum atomic E-state index is 0.662. The number of H-pyrrole nitrogens is 1. The summed E-state index contributed by atoms with van der Waals surface area (Å²) in [5.74, 6) is 1.56. The minimum Gasteiger partial charge on any atom is -0.316 e. The Balaban J connectivity index is 1.80. The van der Waals surface area contributed by atoms with E-state index in [-0.39, 0.29) is 0 Å². The predicted octanol–water partition coefficient (Wildman–Crippen LogP) is 2.39. The molecule has 1 fully saturated rings. The van der Waals surface area contributed by atoms with Gasteiger partial charge in [-0.1, -0.05) is 19.8 Å². The molecule has 0 bridgehead atoms. The zero-order valence-corrected chi connectivity index (χ0v) is 10.8. The maximum Gasteiger partial charge on any atom is 0.0701 e. The molecular formula is C14H23N3. The van der Waals surface area contributed by atoms with Crippen molar-refractivity contribution < 1.29 is 0 Å². The summed E-state index contributed by atoms with van der Waals surface area (Å²) in [5.41, 5.74) is 4.38. The third kappa shape index (κ3) is 2.13. The van der Waals surface area contributed by atoms with Gasteiger partial charge >= 0.3 is 0 Å². The van der Waals surface area contributed by atoms with Gasteiger partial charge in [0.1, 0.15) is 0 Å². The Morgan fingerprint density at radius 1 is 1.35 bits per heavy atom. The van der Waals surface area contributed by atoms with Crippen LogP contribution in [0.25, 0.3) is 0 Å². The van der Waals surface area contributed by atoms with E-state index in [1.807, 2.05) is 0 Å². The van der Waals surface area contributed by atoms with E-state index < -0.39 is 0 Å². The summed E-state index contributed by atoms with van der Waals surface area (Å²) in [7, 11) is 0. The molecule has 1 aromatic rings. The quantitative estimate of drug-likeness (QED) is 0.841. The normalized spacial score (nSPS) is 28.3. The van der Waals surface area contributed by atoms with Crippen LogP contribution in [0.15, 0.2) is 0 Å². The van der Waals surface area contributed by atoms with Crippen molar-refractivity contribution in [3.8, 4) is 0 Å². The van der Waals surface area contributed by atoms with Crippen LogP contribution in [0.4, 0.5) is 0 Å². The average molecular weight is 233 g/mol. The molecule has 3 rings (SSSR count). The first-order valence-corrected chi connectivity index (χ1v) is 7.15. The maximum atomic E-state index is 4.61. The van der Waals surface area contributed by atoms with Crippen LogP contribution in [0.3, 0.4) is 0 Å². The largest absolute Gasteiger partial charge is 0.316 e. The molecule has 1 aromatic heterocycles. The molecule has 1 saturated heterocycles. The van der Waals surface area contributed by atoms with Crippen LogP contribution in [0.1, 0.15) is 55.5 Å². The summed E-state index contributed by atoms with van der Waals surface area (Å²) in [4.78, 5) is 0. The zero-order chi connectivity index (χ0) is 11.7. The molecule has 2 aliphatic rings. The fraction of sp³-hybridized carbons (Fsp3) is 0.786. The Morgan fingerprint density at radius 2 is 2.29 bits per heavy atom. The molecule has 0 saturated carbocycles. The van der Waals surface area contributed by atoms with Crippen molar-refractivity contribution in [2.75, 3.05) is 13.1 Å². The molecule has 3 heteroatoms. The topological polar surface area (TPSA) is 40.7 Å². The van der Waals surface area contributed by atoms with Gasteiger partial charge in [0.15, 0.2) is 0 Å². The molecule has 2 heterocycles. The van der Waals surface area contributed by atoms with Gasteiger partial charge in [0, 0.05) is 18.2 Å². The van der Waals surface area contributed by atoms with E-state index in [0.29, 0.717) is 5.92 Å². The van der Waals surface area contributed by atoms with Crippen molar-refractivity contribution in [1.29, 1.82) is 0 Å². The van der Waals surface area contributed by atoms with Gasteiger partial charge in [-0.15, -0.1) is 0 Å². The summed E-state index contributed by atoms with van der Waals surface area (Å²) < 4.78 is 0. The predicted molar refractivity (Wildman–Crippen MR) is 69.2 cm³/mol. The number of aromatic amines is 1. The number of rotatable bonds is 3. The van der Waals surface area contributed by atoms with Crippen molar-refractivity contribution in [3.05, 3.63) is 17.0 Å². The third-order valence-corrected chi connectivity index (χ3v) is 4.42. The first-order valence-electron chi connectivity index (χ1n) is 7.15. The van der Waals surface area contributed by atoms with E-state index in [4.69, 9.17) is 0 Å². The lowest BCUT2D eigenvalue weighted by molar-refractivity contribution is 0.418. The summed E-state index contributed by atoms with van der Waals surface area (Å²) in [6, 6.07) is 0. The molecule has 17 heavy (non-hydrogen) atoms. The lowest BCUT2D eigenvalue weighted by atomic mass is 9.82. The van der Waals surface area contributed by atoms with Gasteiger partial charge in [0.2, 0.25) is 0 Å². The van der Waals surface area contributed by atoms with Gasteiger partial charge < -0.3 is 5.32 Å². The summed E-state index contributed by atoms with van der Waals surface area (Å²) in [6.07, 6.45) is 7.80. The van der Waals surface area contributed by atoms with Crippen molar-refractivity contribution >= 4 is 0 Å². The molecule has 1 aliphatic heterocycles. The average Bonchev–Trinajstić information content (AvgIpc) is 2.96. The Hall–Kier alpha value is -0.830. The van der Waals surface area contributed by atoms with Gasteiger partial charge in [-0.3, -0.25) is 5.10 Å². The number of fused-ring (bicyclic) bond motifs is 1. The van der Waals surface area contributed by atoms with Crippen LogP contribution >= 0.6 is 0 Å². The Bertz CT molecular complexity index is 377. The standard InChI is InChI=1S/C14H23N3/c1-2-3-10-4-5-13-12(8-10)14(17-16-13)11-6-7-15-9-11/h10-11,15H,2-9H2,1H3,(H,16,17). The van der Waals surface area contributed by atoms with Gasteiger partial charge in [0.05, 0.1) is 5.69 Å². The zero-order valence-electron chi connectivity index (χ0n) is 10.8. The highest BCUT2D eigenvalue weighted by molar-refractivity contribution is 5.31. The van der Waals surface area contributed by atoms with Gasteiger partial charge in [-0.05, 0) is 43.7 Å². The van der Waals surface area contributed by atoms with Gasteiger partial charge in [0.25, 0.3) is 0 Å². The van der Waals surface area contributed by atoms with Gasteiger partial charge in [-0.25, -0.2) is 0 Å². The van der Waals surface area contributed by atoms with E-state index in [1.165, 1.54) is 49.9 Å². The molecule has 0 amide bonds. The molecule has 1 aliphatic carbocycles. The highest BCUT2D eigenvalue weighted by Crippen LogP contribution is 2.33. The number of nitrogens with one attached hydrogen (secondary N) is 2. The number of aryl methyl sites for hydroxylation is 1. The first kappa shape index (κ1) is 11.3. The van der Waals surface area contributed by atoms with Crippen molar-refractivity contribution in [1.82, 2.24) is 15.5 Å². The number of nitrogens with zero attached hydrogens (tertiary/aromatic N) is 1. The van der Waals surface area contributed by atoms with Crippen LogP contribution in [-0.4, -0.2) is 23.3 Å². The smallest absolute Gasteiger partial charge is 0.0701 e. The van der Waals surface area contributed by atoms with E-state index in [9.17, 15) is 0 Å². The Labute approximate surface area is 103 Å². The molecule has 0 aromatic carbocycles. The summed E-state index contributed by atoms with van der Waals surface area (Å²) >= 11 is 0. The van der Waals surface area contributed by atoms with Crippen LogP contribution in [0, 0.1) is 5.92 Å². The molecule has 0 spiro atoms. The Morgan fingerprint density at radius 3 is 3.06 bits per heavy atom. The molecule has 2 unspecified atom stereocenters. The first-order chi connectivity index (χ1) is 8.38. The van der Waals surface area contributed by atoms with Gasteiger partial charge in [-0.2, -0.15) is 5.10 Å². The summed E-state index contributed by atoms with van der Waals surface area (Å²) in [6.45, 7) is 4.58. The Kier molecular flexibility index (Phi) is 3.19. The highest BCUT2D eigenvalue weighted by Gasteiger charge is 2.28. The molecular weight excluding hydrogens is 210 g/mol. The molecule has 2 atom stereocenters. The maximum absolute atomic E-state index is 4.61. The van der Waals surface area contributed by atoms with Crippen LogP contribution in [0.2, 0.25) is 0 Å². The minimum absolute atomic E-state index is 0.662. The lowest BCUT2D eigenvalue weighted by Crippen LogP contribution is -2.16. The van der Waals surface area contributed by atoms with E-state index in [2.05, 4.69) is 22.4 Å². The second-order valence-corrected chi connectivity index (χ2v) is 5.65. The fourth-order valence-corrected chi connectivity index (χ4v) is 3.47. The molecule has 0 radical (unpaired) electrons. The second kappa shape index (κ2) is 4.81. The van der Waals surface area contributed by atoms with Crippen LogP contribution in [-0.2, 0) is 12.8 Å². The van der Waals surface area contributed by atoms with E-state index >= 15 is 0 Å². The highest BCUT2D eigenvalue weighted by atomic mass is 15.1. The second-order valence-electron chi connectivity index (χ2n) is 5.65. The third-order valence-electron chi connectivity index (χ3n) is 4.42. The van der Waals surface area contributed by atoms with E-state index in [0.717, 1.165) is 19.0 Å². The van der Waals surface area contributed by atoms with Crippen LogP contribution in [0.5, 0.6) is 0 Å².